The maximum atomic E-state index is 5.22. The van der Waals surface area contributed by atoms with E-state index < -0.39 is 0 Å². The highest BCUT2D eigenvalue weighted by molar-refractivity contribution is 7.96. The Kier molecular flexibility index (Phi) is 6.51. The maximum absolute atomic E-state index is 5.22. The van der Waals surface area contributed by atoms with Crippen molar-refractivity contribution in [3.8, 4) is 0 Å². The molecule has 0 atom stereocenters. The number of hydrogen-bond donors (Lipinski definition) is 2. The second-order valence-corrected chi connectivity index (χ2v) is 1.94. The fraction of sp³-hybridized carbons (Fsp3) is 1.00. The van der Waals surface area contributed by atoms with E-state index in [4.69, 9.17) is 5.73 Å². The van der Waals surface area contributed by atoms with Crippen LogP contribution in [0.5, 0.6) is 0 Å². The summed E-state index contributed by atoms with van der Waals surface area (Å²) in [6.45, 7) is 1.81. The molecule has 0 fully saturated rings. The topological polar surface area (TPSA) is 38.0 Å². The molecule has 44 valence electrons. The quantitative estimate of drug-likeness (QED) is 0.411. The second kappa shape index (κ2) is 6.27. The Balaban J connectivity index is 2.45. The van der Waals surface area contributed by atoms with Gasteiger partial charge in [-0.15, -0.1) is 0 Å². The minimum Gasteiger partial charge on any atom is -0.330 e. The fourth-order valence-corrected chi connectivity index (χ4v) is 0.625. The molecule has 0 unspecified atom stereocenters. The Morgan fingerprint density at radius 1 is 1.71 bits per heavy atom. The van der Waals surface area contributed by atoms with Gasteiger partial charge in [0.05, 0.1) is 0 Å². The molecule has 0 saturated carbocycles. The predicted molar refractivity (Wildman–Crippen MR) is 35.2 cm³/mol. The molecule has 0 aromatic heterocycles. The highest BCUT2D eigenvalue weighted by Gasteiger charge is 1.77. The Bertz CT molecular complexity index is 28.9. The van der Waals surface area contributed by atoms with Crippen molar-refractivity contribution in [1.82, 2.24) is 4.72 Å². The van der Waals surface area contributed by atoms with Crippen molar-refractivity contribution in [2.75, 3.05) is 19.3 Å². The standard InChI is InChI=1S/C4H12N2S/c1-7-6-4-2-3-5/h6H,2-5H2,1H3. The fourth-order valence-electron chi connectivity index (χ4n) is 0.276. The molecule has 0 rings (SSSR count). The molecule has 0 aliphatic rings. The van der Waals surface area contributed by atoms with Crippen LogP contribution in [0.15, 0.2) is 0 Å². The van der Waals surface area contributed by atoms with Crippen LogP contribution >= 0.6 is 11.9 Å². The Morgan fingerprint density at radius 2 is 2.43 bits per heavy atom. The van der Waals surface area contributed by atoms with Crippen LogP contribution in [0, 0.1) is 0 Å². The Hall–Kier alpha value is 0.270. The summed E-state index contributed by atoms with van der Waals surface area (Å²) < 4.78 is 3.09. The number of nitrogens with one attached hydrogen (secondary N) is 1. The van der Waals surface area contributed by atoms with Crippen molar-refractivity contribution in [3.63, 3.8) is 0 Å². The van der Waals surface area contributed by atoms with Gasteiger partial charge in [-0.05, 0) is 19.2 Å². The SMILES string of the molecule is CSNCCCN. The van der Waals surface area contributed by atoms with Gasteiger partial charge in [-0.25, -0.2) is 0 Å². The molecule has 0 spiro atoms. The molecule has 0 aromatic rings. The number of rotatable bonds is 4. The van der Waals surface area contributed by atoms with Gasteiger partial charge in [0.15, 0.2) is 0 Å². The molecule has 7 heavy (non-hydrogen) atoms. The van der Waals surface area contributed by atoms with Gasteiger partial charge in [0.2, 0.25) is 0 Å². The average molecular weight is 120 g/mol. The zero-order chi connectivity index (χ0) is 5.54. The van der Waals surface area contributed by atoms with Crippen LogP contribution in [0.3, 0.4) is 0 Å². The third kappa shape index (κ3) is 6.27. The van der Waals surface area contributed by atoms with Crippen LogP contribution in [0.2, 0.25) is 0 Å². The molecule has 3 N–H and O–H groups in total. The lowest BCUT2D eigenvalue weighted by molar-refractivity contribution is 0.810. The molecule has 0 aromatic carbocycles. The first kappa shape index (κ1) is 7.27. The lowest BCUT2D eigenvalue weighted by Gasteiger charge is -1.94. The van der Waals surface area contributed by atoms with E-state index in [1.54, 1.807) is 11.9 Å². The smallest absolute Gasteiger partial charge is 0.00704 e. The monoisotopic (exact) mass is 120 g/mol. The van der Waals surface area contributed by atoms with Crippen molar-refractivity contribution in [2.24, 2.45) is 5.73 Å². The first-order valence-electron chi connectivity index (χ1n) is 2.37. The lowest BCUT2D eigenvalue weighted by Crippen LogP contribution is -2.10. The zero-order valence-corrected chi connectivity index (χ0v) is 5.42. The molecule has 0 heterocycles. The van der Waals surface area contributed by atoms with Gasteiger partial charge in [0.25, 0.3) is 0 Å². The molecule has 3 heteroatoms. The van der Waals surface area contributed by atoms with Gasteiger partial charge in [-0.3, -0.25) is 4.72 Å². The van der Waals surface area contributed by atoms with Crippen molar-refractivity contribution >= 4 is 11.9 Å². The van der Waals surface area contributed by atoms with E-state index in [0.717, 1.165) is 19.5 Å². The summed E-state index contributed by atoms with van der Waals surface area (Å²) in [5.74, 6) is 0. The van der Waals surface area contributed by atoms with Crippen molar-refractivity contribution in [1.29, 1.82) is 0 Å². The van der Waals surface area contributed by atoms with Gasteiger partial charge in [0.1, 0.15) is 0 Å². The van der Waals surface area contributed by atoms with Crippen LogP contribution in [0.25, 0.3) is 0 Å². The first-order chi connectivity index (χ1) is 3.41. The summed E-state index contributed by atoms with van der Waals surface area (Å²) in [7, 11) is 0. The van der Waals surface area contributed by atoms with E-state index in [-0.39, 0.29) is 0 Å². The summed E-state index contributed by atoms with van der Waals surface area (Å²) in [6.07, 6.45) is 3.08. The largest absolute Gasteiger partial charge is 0.330 e. The van der Waals surface area contributed by atoms with E-state index in [0.29, 0.717) is 0 Å². The van der Waals surface area contributed by atoms with Gasteiger partial charge in [-0.1, -0.05) is 11.9 Å². The molecule has 2 nitrogen and oxygen atoms in total. The van der Waals surface area contributed by atoms with E-state index in [1.807, 2.05) is 6.26 Å². The van der Waals surface area contributed by atoms with E-state index in [1.165, 1.54) is 0 Å². The molecular formula is C4H12N2S. The Morgan fingerprint density at radius 3 is 2.86 bits per heavy atom. The van der Waals surface area contributed by atoms with E-state index in [2.05, 4.69) is 4.72 Å². The van der Waals surface area contributed by atoms with E-state index >= 15 is 0 Å². The minimum atomic E-state index is 0.785. The highest BCUT2D eigenvalue weighted by atomic mass is 32.2. The van der Waals surface area contributed by atoms with Crippen molar-refractivity contribution < 1.29 is 0 Å². The number of nitrogens with two attached hydrogens (primary N) is 1. The molecule has 0 saturated heterocycles. The third-order valence-electron chi connectivity index (χ3n) is 0.627. The third-order valence-corrected chi connectivity index (χ3v) is 1.12. The summed E-state index contributed by atoms with van der Waals surface area (Å²) in [5, 5.41) is 0. The molecule has 0 aliphatic carbocycles. The lowest BCUT2D eigenvalue weighted by atomic mass is 10.4. The van der Waals surface area contributed by atoms with Gasteiger partial charge < -0.3 is 5.73 Å². The molecule has 0 amide bonds. The summed E-state index contributed by atoms with van der Waals surface area (Å²) in [6, 6.07) is 0. The van der Waals surface area contributed by atoms with Crippen molar-refractivity contribution in [2.45, 2.75) is 6.42 Å². The van der Waals surface area contributed by atoms with Crippen molar-refractivity contribution in [3.05, 3.63) is 0 Å². The first-order valence-corrected chi connectivity index (χ1v) is 3.60. The van der Waals surface area contributed by atoms with Gasteiger partial charge in [-0.2, -0.15) is 0 Å². The number of hydrogen-bond acceptors (Lipinski definition) is 3. The Labute approximate surface area is 49.0 Å². The van der Waals surface area contributed by atoms with E-state index in [9.17, 15) is 0 Å². The van der Waals surface area contributed by atoms with Crippen LogP contribution in [-0.4, -0.2) is 19.3 Å². The zero-order valence-electron chi connectivity index (χ0n) is 4.61. The normalized spacial score (nSPS) is 9.43. The van der Waals surface area contributed by atoms with Crippen LogP contribution < -0.4 is 10.5 Å². The van der Waals surface area contributed by atoms with Crippen LogP contribution in [0.4, 0.5) is 0 Å². The minimum absolute atomic E-state index is 0.785. The summed E-state index contributed by atoms with van der Waals surface area (Å²) in [4.78, 5) is 0. The highest BCUT2D eigenvalue weighted by Crippen LogP contribution is 1.80. The second-order valence-electron chi connectivity index (χ2n) is 1.24. The van der Waals surface area contributed by atoms with Gasteiger partial charge in [0, 0.05) is 6.54 Å². The van der Waals surface area contributed by atoms with Crippen LogP contribution in [-0.2, 0) is 0 Å². The summed E-state index contributed by atoms with van der Waals surface area (Å²) in [5.41, 5.74) is 5.22. The maximum Gasteiger partial charge on any atom is 0.00704 e. The summed E-state index contributed by atoms with van der Waals surface area (Å²) >= 11 is 1.64. The average Bonchev–Trinajstić information content (AvgIpc) is 1.69. The van der Waals surface area contributed by atoms with Gasteiger partial charge >= 0.3 is 0 Å². The molecule has 0 radical (unpaired) electrons. The molecule has 0 aliphatic heterocycles. The molecular weight excluding hydrogens is 108 g/mol. The molecule has 0 bridgehead atoms. The van der Waals surface area contributed by atoms with Crippen LogP contribution in [0.1, 0.15) is 6.42 Å². The predicted octanol–water partition coefficient (Wildman–Crippen LogP) is 0.203.